The number of hydrogen-bond donors (Lipinski definition) is 1. The smallest absolute Gasteiger partial charge is 0.214 e. The molecule has 0 radical (unpaired) electrons. The molecular weight excluding hydrogens is 288 g/mol. The summed E-state index contributed by atoms with van der Waals surface area (Å²) >= 11 is 0. The molecule has 0 spiro atoms. The zero-order chi connectivity index (χ0) is 15.3. The first-order valence-electron chi connectivity index (χ1n) is 8.35. The summed E-state index contributed by atoms with van der Waals surface area (Å²) in [5, 5.41) is 3.33. The Morgan fingerprint density at radius 3 is 2.76 bits per heavy atom. The molecule has 2 rings (SSSR count). The fourth-order valence-electron chi connectivity index (χ4n) is 3.32. The predicted octanol–water partition coefficient (Wildman–Crippen LogP) is 1.74. The number of sulfonamides is 1. The van der Waals surface area contributed by atoms with Crippen LogP contribution in [0.3, 0.4) is 0 Å². The second-order valence-corrected chi connectivity index (χ2v) is 8.54. The van der Waals surface area contributed by atoms with Crippen LogP contribution in [0, 0.1) is 0 Å². The van der Waals surface area contributed by atoms with Crippen LogP contribution in [0.15, 0.2) is 0 Å². The summed E-state index contributed by atoms with van der Waals surface area (Å²) in [5.74, 6) is 0.274. The summed E-state index contributed by atoms with van der Waals surface area (Å²) in [6.45, 7) is 6.19. The van der Waals surface area contributed by atoms with E-state index in [1.54, 1.807) is 4.31 Å². The average Bonchev–Trinajstić information content (AvgIpc) is 2.46. The van der Waals surface area contributed by atoms with Crippen molar-refractivity contribution in [3.63, 3.8) is 0 Å². The van der Waals surface area contributed by atoms with Gasteiger partial charge in [-0.25, -0.2) is 8.42 Å². The first kappa shape index (κ1) is 17.2. The lowest BCUT2D eigenvalue weighted by atomic mass is 9.91. The number of morpholine rings is 1. The third-order valence-corrected chi connectivity index (χ3v) is 6.39. The van der Waals surface area contributed by atoms with Gasteiger partial charge in [-0.3, -0.25) is 0 Å². The fourth-order valence-corrected chi connectivity index (χ4v) is 5.13. The molecule has 21 heavy (non-hydrogen) atoms. The largest absolute Gasteiger partial charge is 0.375 e. The summed E-state index contributed by atoms with van der Waals surface area (Å²) in [7, 11) is -3.13. The van der Waals surface area contributed by atoms with Crippen LogP contribution in [0.5, 0.6) is 0 Å². The third-order valence-electron chi connectivity index (χ3n) is 4.42. The highest BCUT2D eigenvalue weighted by Gasteiger charge is 2.39. The van der Waals surface area contributed by atoms with Gasteiger partial charge in [0, 0.05) is 12.6 Å². The number of fused-ring (bicyclic) bond motifs is 1. The van der Waals surface area contributed by atoms with Crippen molar-refractivity contribution < 1.29 is 13.2 Å². The minimum atomic E-state index is -3.13. The van der Waals surface area contributed by atoms with Crippen LogP contribution < -0.4 is 5.32 Å². The molecule has 0 amide bonds. The van der Waals surface area contributed by atoms with Gasteiger partial charge in [0.25, 0.3) is 0 Å². The van der Waals surface area contributed by atoms with E-state index in [-0.39, 0.29) is 17.9 Å². The quantitative estimate of drug-likeness (QED) is 0.727. The zero-order valence-electron chi connectivity index (χ0n) is 13.4. The van der Waals surface area contributed by atoms with E-state index in [2.05, 4.69) is 19.2 Å². The maximum atomic E-state index is 12.6. The topological polar surface area (TPSA) is 58.6 Å². The van der Waals surface area contributed by atoms with Gasteiger partial charge in [0.05, 0.1) is 24.5 Å². The molecule has 124 valence electrons. The summed E-state index contributed by atoms with van der Waals surface area (Å²) in [6, 6.07) is 0.551. The number of nitrogens with zero attached hydrogens (tertiary/aromatic N) is 1. The van der Waals surface area contributed by atoms with E-state index >= 15 is 0 Å². The first-order chi connectivity index (χ1) is 10.0. The molecule has 1 aliphatic carbocycles. The molecule has 2 fully saturated rings. The molecule has 0 bridgehead atoms. The van der Waals surface area contributed by atoms with Crippen molar-refractivity contribution in [3.05, 3.63) is 0 Å². The molecule has 2 unspecified atom stereocenters. The highest BCUT2D eigenvalue weighted by atomic mass is 32.2. The van der Waals surface area contributed by atoms with E-state index in [4.69, 9.17) is 4.74 Å². The van der Waals surface area contributed by atoms with Crippen molar-refractivity contribution in [1.29, 1.82) is 0 Å². The van der Waals surface area contributed by atoms with E-state index in [0.29, 0.717) is 19.2 Å². The summed E-state index contributed by atoms with van der Waals surface area (Å²) in [5.41, 5.74) is 0. The molecule has 1 heterocycles. The van der Waals surface area contributed by atoms with Gasteiger partial charge >= 0.3 is 0 Å². The number of unbranched alkanes of at least 4 members (excludes halogenated alkanes) is 1. The van der Waals surface area contributed by atoms with E-state index < -0.39 is 10.0 Å². The molecule has 2 atom stereocenters. The van der Waals surface area contributed by atoms with Crippen LogP contribution in [0.2, 0.25) is 0 Å². The second kappa shape index (κ2) is 7.90. The van der Waals surface area contributed by atoms with E-state index in [1.165, 1.54) is 0 Å². The number of nitrogens with one attached hydrogen (secondary N) is 1. The van der Waals surface area contributed by atoms with Crippen LogP contribution in [0.4, 0.5) is 0 Å². The molecule has 2 aliphatic rings. The fraction of sp³-hybridized carbons (Fsp3) is 1.00. The van der Waals surface area contributed by atoms with Gasteiger partial charge in [0.15, 0.2) is 0 Å². The maximum Gasteiger partial charge on any atom is 0.214 e. The van der Waals surface area contributed by atoms with E-state index in [9.17, 15) is 8.42 Å². The Labute approximate surface area is 129 Å². The Balaban J connectivity index is 1.83. The van der Waals surface area contributed by atoms with Gasteiger partial charge in [-0.1, -0.05) is 26.7 Å². The minimum Gasteiger partial charge on any atom is -0.375 e. The lowest BCUT2D eigenvalue weighted by molar-refractivity contribution is -0.0586. The lowest BCUT2D eigenvalue weighted by Crippen LogP contribution is -2.55. The molecule has 0 aromatic heterocycles. The number of rotatable bonds is 7. The van der Waals surface area contributed by atoms with E-state index in [1.807, 2.05) is 0 Å². The van der Waals surface area contributed by atoms with Crippen molar-refractivity contribution in [2.24, 2.45) is 0 Å². The minimum absolute atomic E-state index is 0.0892. The Hall–Kier alpha value is -0.170. The molecule has 0 aromatic rings. The number of ether oxygens (including phenoxy) is 1. The van der Waals surface area contributed by atoms with Gasteiger partial charge in [-0.2, -0.15) is 4.31 Å². The third kappa shape index (κ3) is 4.91. The molecule has 1 N–H and O–H groups in total. The van der Waals surface area contributed by atoms with Gasteiger partial charge in [0.1, 0.15) is 0 Å². The molecule has 1 saturated heterocycles. The van der Waals surface area contributed by atoms with Crippen molar-refractivity contribution in [3.8, 4) is 0 Å². The molecule has 5 nitrogen and oxygen atoms in total. The normalized spacial score (nSPS) is 27.8. The molecule has 1 saturated carbocycles. The second-order valence-electron chi connectivity index (χ2n) is 6.50. The number of hydrogen-bond acceptors (Lipinski definition) is 4. The van der Waals surface area contributed by atoms with Crippen LogP contribution in [-0.2, 0) is 14.8 Å². The summed E-state index contributed by atoms with van der Waals surface area (Å²) in [6.07, 6.45) is 6.02. The van der Waals surface area contributed by atoms with Crippen molar-refractivity contribution in [2.75, 3.05) is 25.4 Å². The van der Waals surface area contributed by atoms with Crippen LogP contribution in [0.25, 0.3) is 0 Å². The SMILES string of the molecule is CC(C)NCCCCS(=O)(=O)N1CCOC2CCCCC21. The Morgan fingerprint density at radius 1 is 1.24 bits per heavy atom. The highest BCUT2D eigenvalue weighted by molar-refractivity contribution is 7.89. The lowest BCUT2D eigenvalue weighted by Gasteiger charge is -2.42. The molecular formula is C15H30N2O3S. The van der Waals surface area contributed by atoms with Crippen LogP contribution >= 0.6 is 0 Å². The van der Waals surface area contributed by atoms with Gasteiger partial charge in [0.2, 0.25) is 10.0 Å². The van der Waals surface area contributed by atoms with Crippen LogP contribution in [0.1, 0.15) is 52.4 Å². The Morgan fingerprint density at radius 2 is 2.00 bits per heavy atom. The van der Waals surface area contributed by atoms with Crippen LogP contribution in [-0.4, -0.2) is 56.4 Å². The monoisotopic (exact) mass is 318 g/mol. The summed E-state index contributed by atoms with van der Waals surface area (Å²) in [4.78, 5) is 0. The molecule has 0 aromatic carbocycles. The standard InChI is InChI=1S/C15H30N2O3S/c1-13(2)16-9-5-6-12-21(18,19)17-10-11-20-15-8-4-3-7-14(15)17/h13-16H,3-12H2,1-2H3. The van der Waals surface area contributed by atoms with Crippen molar-refractivity contribution in [2.45, 2.75) is 70.6 Å². The van der Waals surface area contributed by atoms with Crippen molar-refractivity contribution in [1.82, 2.24) is 9.62 Å². The van der Waals surface area contributed by atoms with Gasteiger partial charge in [-0.05, 0) is 32.2 Å². The molecule has 1 aliphatic heterocycles. The average molecular weight is 318 g/mol. The summed E-state index contributed by atoms with van der Waals surface area (Å²) < 4.78 is 32.7. The first-order valence-corrected chi connectivity index (χ1v) is 9.96. The predicted molar refractivity (Wildman–Crippen MR) is 84.9 cm³/mol. The Bertz CT molecular complexity index is 409. The van der Waals surface area contributed by atoms with Crippen molar-refractivity contribution >= 4 is 10.0 Å². The van der Waals surface area contributed by atoms with Gasteiger partial charge < -0.3 is 10.1 Å². The maximum absolute atomic E-state index is 12.6. The van der Waals surface area contributed by atoms with E-state index in [0.717, 1.165) is 45.1 Å². The zero-order valence-corrected chi connectivity index (χ0v) is 14.2. The molecule has 6 heteroatoms. The highest BCUT2D eigenvalue weighted by Crippen LogP contribution is 2.30. The Kier molecular flexibility index (Phi) is 6.47. The van der Waals surface area contributed by atoms with Gasteiger partial charge in [-0.15, -0.1) is 0 Å².